The van der Waals surface area contributed by atoms with Crippen LogP contribution in [0.3, 0.4) is 0 Å². The van der Waals surface area contributed by atoms with Crippen LogP contribution in [0, 0.1) is 0 Å². The van der Waals surface area contributed by atoms with E-state index in [-0.39, 0.29) is 24.4 Å². The molecule has 0 bridgehead atoms. The Morgan fingerprint density at radius 2 is 1.77 bits per heavy atom. The smallest absolute Gasteiger partial charge is 0.243 e. The number of halogens is 1. The van der Waals surface area contributed by atoms with E-state index >= 15 is 0 Å². The van der Waals surface area contributed by atoms with E-state index in [0.29, 0.717) is 24.5 Å². The van der Waals surface area contributed by atoms with Gasteiger partial charge in [0.05, 0.1) is 10.9 Å². The molecule has 8 heteroatoms. The lowest BCUT2D eigenvalue weighted by Gasteiger charge is -2.26. The van der Waals surface area contributed by atoms with Crippen molar-refractivity contribution >= 4 is 28.3 Å². The molecule has 6 nitrogen and oxygen atoms in total. The standard InChI is InChI=1S/C18H27N3O3S.ClH/c22-18(17-6-2-3-11-19-17)20-14-15-7-9-16(10-8-15)25(23,24)21-12-4-1-5-13-21;/h7-10,17,19H,1-6,11-14H2,(H,20,22);1H. The van der Waals surface area contributed by atoms with Crippen LogP contribution in [0.2, 0.25) is 0 Å². The molecular weight excluding hydrogens is 374 g/mol. The highest BCUT2D eigenvalue weighted by molar-refractivity contribution is 7.89. The molecule has 0 saturated carbocycles. The van der Waals surface area contributed by atoms with Gasteiger partial charge in [-0.25, -0.2) is 8.42 Å². The third-order valence-corrected chi connectivity index (χ3v) is 6.88. The molecule has 2 aliphatic rings. The normalized spacial score (nSPS) is 21.6. The molecular formula is C18H28ClN3O3S. The third-order valence-electron chi connectivity index (χ3n) is 4.97. The van der Waals surface area contributed by atoms with Gasteiger partial charge in [-0.3, -0.25) is 4.79 Å². The van der Waals surface area contributed by atoms with Gasteiger partial charge in [0.15, 0.2) is 0 Å². The van der Waals surface area contributed by atoms with Crippen LogP contribution < -0.4 is 10.6 Å². The summed E-state index contributed by atoms with van der Waals surface area (Å²) < 4.78 is 26.8. The van der Waals surface area contributed by atoms with E-state index in [4.69, 9.17) is 0 Å². The molecule has 2 fully saturated rings. The fourth-order valence-corrected chi connectivity index (χ4v) is 4.94. The van der Waals surface area contributed by atoms with Crippen molar-refractivity contribution in [3.05, 3.63) is 29.8 Å². The molecule has 2 saturated heterocycles. The first kappa shape index (κ1) is 21.2. The SMILES string of the molecule is Cl.O=C(NCc1ccc(S(=O)(=O)N2CCCCC2)cc1)C1CCCCN1. The number of piperidine rings is 2. The number of carbonyl (C=O) groups excluding carboxylic acids is 1. The average molecular weight is 402 g/mol. The van der Waals surface area contributed by atoms with Crippen LogP contribution in [0.5, 0.6) is 0 Å². The molecule has 146 valence electrons. The molecule has 1 unspecified atom stereocenters. The number of benzene rings is 1. The van der Waals surface area contributed by atoms with Crippen molar-refractivity contribution in [1.82, 2.24) is 14.9 Å². The Morgan fingerprint density at radius 1 is 1.08 bits per heavy atom. The van der Waals surface area contributed by atoms with Gasteiger partial charge < -0.3 is 10.6 Å². The zero-order valence-electron chi connectivity index (χ0n) is 14.9. The quantitative estimate of drug-likeness (QED) is 0.791. The van der Waals surface area contributed by atoms with E-state index < -0.39 is 10.0 Å². The molecule has 1 atom stereocenters. The number of carbonyl (C=O) groups is 1. The number of hydrogen-bond donors (Lipinski definition) is 2. The van der Waals surface area contributed by atoms with Crippen LogP contribution in [0.1, 0.15) is 44.1 Å². The minimum Gasteiger partial charge on any atom is -0.351 e. The maximum atomic E-state index is 12.6. The van der Waals surface area contributed by atoms with Crippen molar-refractivity contribution in [2.24, 2.45) is 0 Å². The first-order valence-corrected chi connectivity index (χ1v) is 10.6. The lowest BCUT2D eigenvalue weighted by molar-refractivity contribution is -0.123. The summed E-state index contributed by atoms with van der Waals surface area (Å²) in [5.74, 6) is 0.0183. The zero-order chi connectivity index (χ0) is 17.7. The maximum absolute atomic E-state index is 12.6. The molecule has 3 rings (SSSR count). The Kier molecular flexibility index (Phi) is 7.88. The van der Waals surface area contributed by atoms with E-state index in [1.807, 2.05) is 0 Å². The predicted molar refractivity (Wildman–Crippen MR) is 104 cm³/mol. The van der Waals surface area contributed by atoms with Crippen molar-refractivity contribution in [1.29, 1.82) is 0 Å². The highest BCUT2D eigenvalue weighted by Gasteiger charge is 2.25. The Morgan fingerprint density at radius 3 is 2.38 bits per heavy atom. The highest BCUT2D eigenvalue weighted by atomic mass is 35.5. The minimum atomic E-state index is -3.39. The summed E-state index contributed by atoms with van der Waals surface area (Å²) in [5, 5.41) is 6.15. The second-order valence-corrected chi connectivity index (χ2v) is 8.77. The summed E-state index contributed by atoms with van der Waals surface area (Å²) in [4.78, 5) is 12.5. The summed E-state index contributed by atoms with van der Waals surface area (Å²) >= 11 is 0. The van der Waals surface area contributed by atoms with Gasteiger partial charge in [-0.15, -0.1) is 12.4 Å². The molecule has 26 heavy (non-hydrogen) atoms. The largest absolute Gasteiger partial charge is 0.351 e. The van der Waals surface area contributed by atoms with Gasteiger partial charge in [0, 0.05) is 19.6 Å². The number of nitrogens with zero attached hydrogens (tertiary/aromatic N) is 1. The van der Waals surface area contributed by atoms with E-state index in [2.05, 4.69) is 10.6 Å². The van der Waals surface area contributed by atoms with Crippen LogP contribution in [0.15, 0.2) is 29.2 Å². The van der Waals surface area contributed by atoms with Gasteiger partial charge in [-0.05, 0) is 49.9 Å². The molecule has 1 aromatic carbocycles. The van der Waals surface area contributed by atoms with Gasteiger partial charge in [-0.2, -0.15) is 4.31 Å². The Labute approximate surface area is 162 Å². The lowest BCUT2D eigenvalue weighted by atomic mass is 10.0. The summed E-state index contributed by atoms with van der Waals surface area (Å²) in [6.07, 6.45) is 6.03. The summed E-state index contributed by atoms with van der Waals surface area (Å²) in [6.45, 7) is 2.52. The highest BCUT2D eigenvalue weighted by Crippen LogP contribution is 2.20. The van der Waals surface area contributed by atoms with E-state index in [0.717, 1.165) is 50.6 Å². The first-order chi connectivity index (χ1) is 12.1. The van der Waals surface area contributed by atoms with Crippen LogP contribution in [0.25, 0.3) is 0 Å². The summed E-state index contributed by atoms with van der Waals surface area (Å²) in [6, 6.07) is 6.75. The van der Waals surface area contributed by atoms with Gasteiger partial charge in [-0.1, -0.05) is 25.0 Å². The van der Waals surface area contributed by atoms with Crippen LogP contribution >= 0.6 is 12.4 Å². The van der Waals surface area contributed by atoms with Crippen molar-refractivity contribution in [2.45, 2.75) is 56.0 Å². The van der Waals surface area contributed by atoms with E-state index in [1.54, 1.807) is 28.6 Å². The van der Waals surface area contributed by atoms with E-state index in [1.165, 1.54) is 0 Å². The summed E-state index contributed by atoms with van der Waals surface area (Å²) in [5.41, 5.74) is 0.904. The molecule has 0 aromatic heterocycles. The Hall–Kier alpha value is -1.15. The monoisotopic (exact) mass is 401 g/mol. The number of amides is 1. The van der Waals surface area contributed by atoms with Crippen molar-refractivity contribution in [3.8, 4) is 0 Å². The predicted octanol–water partition coefficient (Wildman–Crippen LogP) is 2.04. The van der Waals surface area contributed by atoms with Crippen LogP contribution in [-0.4, -0.2) is 44.3 Å². The molecule has 1 amide bonds. The summed E-state index contributed by atoms with van der Waals surface area (Å²) in [7, 11) is -3.39. The molecule has 2 heterocycles. The topological polar surface area (TPSA) is 78.5 Å². The second-order valence-electron chi connectivity index (χ2n) is 6.83. The maximum Gasteiger partial charge on any atom is 0.243 e. The third kappa shape index (κ3) is 5.19. The van der Waals surface area contributed by atoms with Crippen molar-refractivity contribution in [3.63, 3.8) is 0 Å². The fourth-order valence-electron chi connectivity index (χ4n) is 3.42. The fraction of sp³-hybridized carbons (Fsp3) is 0.611. The average Bonchev–Trinajstić information content (AvgIpc) is 2.68. The number of rotatable bonds is 5. The van der Waals surface area contributed by atoms with Gasteiger partial charge in [0.25, 0.3) is 0 Å². The minimum absolute atomic E-state index is 0. The second kappa shape index (κ2) is 9.69. The van der Waals surface area contributed by atoms with Crippen LogP contribution in [0.4, 0.5) is 0 Å². The van der Waals surface area contributed by atoms with Gasteiger partial charge in [0.2, 0.25) is 15.9 Å². The van der Waals surface area contributed by atoms with Gasteiger partial charge >= 0.3 is 0 Å². The molecule has 2 N–H and O–H groups in total. The number of nitrogens with one attached hydrogen (secondary N) is 2. The molecule has 0 spiro atoms. The van der Waals surface area contributed by atoms with E-state index in [9.17, 15) is 13.2 Å². The first-order valence-electron chi connectivity index (χ1n) is 9.17. The Balaban J connectivity index is 0.00000243. The lowest BCUT2D eigenvalue weighted by Crippen LogP contribution is -2.46. The zero-order valence-corrected chi connectivity index (χ0v) is 16.6. The van der Waals surface area contributed by atoms with Crippen molar-refractivity contribution < 1.29 is 13.2 Å². The van der Waals surface area contributed by atoms with Gasteiger partial charge in [0.1, 0.15) is 0 Å². The molecule has 2 aliphatic heterocycles. The number of hydrogen-bond acceptors (Lipinski definition) is 4. The number of sulfonamides is 1. The molecule has 0 aliphatic carbocycles. The molecule has 0 radical (unpaired) electrons. The van der Waals surface area contributed by atoms with Crippen molar-refractivity contribution in [2.75, 3.05) is 19.6 Å². The van der Waals surface area contributed by atoms with Crippen LogP contribution in [-0.2, 0) is 21.4 Å². The molecule has 1 aromatic rings. The Bertz CT molecular complexity index is 682.